The summed E-state index contributed by atoms with van der Waals surface area (Å²) in [6.45, 7) is 0.503. The zero-order chi connectivity index (χ0) is 16.1. The Labute approximate surface area is 133 Å². The lowest BCUT2D eigenvalue weighted by Crippen LogP contribution is -2.24. The van der Waals surface area contributed by atoms with Crippen LogP contribution in [-0.4, -0.2) is 17.2 Å². The predicted molar refractivity (Wildman–Crippen MR) is 89.4 cm³/mol. The van der Waals surface area contributed by atoms with Gasteiger partial charge < -0.3 is 15.5 Å². The number of carbonyl (C=O) groups excluding carboxylic acids is 1. The number of primary amides is 1. The van der Waals surface area contributed by atoms with Crippen molar-refractivity contribution in [3.8, 4) is 5.75 Å². The molecule has 0 spiro atoms. The SMILES string of the molecule is NC(=O)N/N=C\c1c[nH]c2ccc(OCc3ccccc3)cc12. The molecule has 0 aliphatic rings. The van der Waals surface area contributed by atoms with Crippen LogP contribution in [0, 0.1) is 0 Å². The van der Waals surface area contributed by atoms with Crippen LogP contribution in [0.25, 0.3) is 10.9 Å². The fourth-order valence-corrected chi connectivity index (χ4v) is 2.22. The average Bonchev–Trinajstić information content (AvgIpc) is 2.96. The highest BCUT2D eigenvalue weighted by Gasteiger charge is 2.04. The number of carbonyl (C=O) groups is 1. The van der Waals surface area contributed by atoms with Crippen molar-refractivity contribution < 1.29 is 9.53 Å². The van der Waals surface area contributed by atoms with E-state index in [9.17, 15) is 4.79 Å². The van der Waals surface area contributed by atoms with E-state index in [4.69, 9.17) is 10.5 Å². The van der Waals surface area contributed by atoms with Crippen molar-refractivity contribution in [3.05, 3.63) is 65.9 Å². The molecule has 2 amide bonds. The van der Waals surface area contributed by atoms with E-state index >= 15 is 0 Å². The van der Waals surface area contributed by atoms with Gasteiger partial charge in [0.15, 0.2) is 0 Å². The van der Waals surface area contributed by atoms with Gasteiger partial charge in [0.05, 0.1) is 6.21 Å². The van der Waals surface area contributed by atoms with Crippen LogP contribution in [0.15, 0.2) is 59.8 Å². The van der Waals surface area contributed by atoms with Gasteiger partial charge in [-0.2, -0.15) is 5.10 Å². The minimum atomic E-state index is -0.701. The molecule has 0 unspecified atom stereocenters. The van der Waals surface area contributed by atoms with Gasteiger partial charge in [0, 0.05) is 22.7 Å². The van der Waals surface area contributed by atoms with Gasteiger partial charge in [-0.1, -0.05) is 30.3 Å². The predicted octanol–water partition coefficient (Wildman–Crippen LogP) is 2.75. The number of rotatable bonds is 5. The summed E-state index contributed by atoms with van der Waals surface area (Å²) >= 11 is 0. The Hall–Kier alpha value is -3.28. The summed E-state index contributed by atoms with van der Waals surface area (Å²) in [4.78, 5) is 13.8. The maximum Gasteiger partial charge on any atom is 0.332 e. The first-order valence-electron chi connectivity index (χ1n) is 7.09. The molecule has 0 saturated heterocycles. The summed E-state index contributed by atoms with van der Waals surface area (Å²) in [6.07, 6.45) is 3.34. The molecule has 0 bridgehead atoms. The van der Waals surface area contributed by atoms with Gasteiger partial charge in [-0.25, -0.2) is 10.2 Å². The number of H-pyrrole nitrogens is 1. The van der Waals surface area contributed by atoms with Crippen LogP contribution in [-0.2, 0) is 6.61 Å². The third kappa shape index (κ3) is 3.68. The molecule has 0 fully saturated rings. The Kier molecular flexibility index (Phi) is 4.24. The summed E-state index contributed by atoms with van der Waals surface area (Å²) in [5, 5.41) is 4.73. The van der Waals surface area contributed by atoms with E-state index in [0.717, 1.165) is 27.8 Å². The van der Waals surface area contributed by atoms with Crippen LogP contribution in [0.4, 0.5) is 4.79 Å². The van der Waals surface area contributed by atoms with Crippen LogP contribution < -0.4 is 15.9 Å². The van der Waals surface area contributed by atoms with E-state index in [1.54, 1.807) is 6.20 Å². The summed E-state index contributed by atoms with van der Waals surface area (Å²) < 4.78 is 5.82. The van der Waals surface area contributed by atoms with Crippen molar-refractivity contribution >= 4 is 23.1 Å². The highest BCUT2D eigenvalue weighted by Crippen LogP contribution is 2.23. The monoisotopic (exact) mass is 308 g/mol. The van der Waals surface area contributed by atoms with Crippen LogP contribution in [0.5, 0.6) is 5.75 Å². The van der Waals surface area contributed by atoms with Crippen molar-refractivity contribution in [2.24, 2.45) is 10.8 Å². The number of nitrogens with one attached hydrogen (secondary N) is 2. The van der Waals surface area contributed by atoms with Crippen LogP contribution in [0.2, 0.25) is 0 Å². The number of hydrogen-bond acceptors (Lipinski definition) is 3. The van der Waals surface area contributed by atoms with Gasteiger partial charge in [0.1, 0.15) is 12.4 Å². The molecule has 2 aromatic carbocycles. The topological polar surface area (TPSA) is 92.5 Å². The fourth-order valence-electron chi connectivity index (χ4n) is 2.22. The standard InChI is InChI=1S/C17H16N4O2/c18-17(22)21-20-10-13-9-19-16-7-6-14(8-15(13)16)23-11-12-4-2-1-3-5-12/h1-10,19H,11H2,(H3,18,21,22)/b20-10-. The van der Waals surface area contributed by atoms with Gasteiger partial charge in [-0.05, 0) is 23.8 Å². The number of fused-ring (bicyclic) bond motifs is 1. The summed E-state index contributed by atoms with van der Waals surface area (Å²) in [7, 11) is 0. The van der Waals surface area contributed by atoms with Gasteiger partial charge in [0.25, 0.3) is 0 Å². The minimum Gasteiger partial charge on any atom is -0.489 e. The number of hydrogen-bond donors (Lipinski definition) is 3. The Morgan fingerprint density at radius 2 is 2.09 bits per heavy atom. The molecule has 0 radical (unpaired) electrons. The first kappa shape index (κ1) is 14.6. The summed E-state index contributed by atoms with van der Waals surface area (Å²) in [5.74, 6) is 0.762. The second kappa shape index (κ2) is 6.65. The van der Waals surface area contributed by atoms with E-state index < -0.39 is 6.03 Å². The fraction of sp³-hybridized carbons (Fsp3) is 0.0588. The first-order valence-corrected chi connectivity index (χ1v) is 7.09. The largest absolute Gasteiger partial charge is 0.489 e. The second-order valence-electron chi connectivity index (χ2n) is 4.96. The van der Waals surface area contributed by atoms with Crippen molar-refractivity contribution in [2.45, 2.75) is 6.61 Å². The summed E-state index contributed by atoms with van der Waals surface area (Å²) in [6, 6.07) is 15.0. The first-order chi connectivity index (χ1) is 11.2. The van der Waals surface area contributed by atoms with E-state index in [2.05, 4.69) is 15.5 Å². The van der Waals surface area contributed by atoms with Crippen LogP contribution in [0.3, 0.4) is 0 Å². The van der Waals surface area contributed by atoms with Gasteiger partial charge in [-0.3, -0.25) is 0 Å². The zero-order valence-corrected chi connectivity index (χ0v) is 12.3. The number of ether oxygens (including phenoxy) is 1. The van der Waals surface area contributed by atoms with E-state index in [1.807, 2.05) is 48.5 Å². The quantitative estimate of drug-likeness (QED) is 0.499. The minimum absolute atomic E-state index is 0.503. The second-order valence-corrected chi connectivity index (χ2v) is 4.96. The number of benzene rings is 2. The zero-order valence-electron chi connectivity index (χ0n) is 12.3. The molecule has 0 atom stereocenters. The smallest absolute Gasteiger partial charge is 0.332 e. The van der Waals surface area contributed by atoms with Crippen molar-refractivity contribution in [1.29, 1.82) is 0 Å². The number of amides is 2. The van der Waals surface area contributed by atoms with Crippen LogP contribution >= 0.6 is 0 Å². The number of hydrazone groups is 1. The Morgan fingerprint density at radius 3 is 2.87 bits per heavy atom. The Balaban J connectivity index is 1.77. The molecular weight excluding hydrogens is 292 g/mol. The molecular formula is C17H16N4O2. The molecule has 3 aromatic rings. The van der Waals surface area contributed by atoms with Crippen molar-refractivity contribution in [3.63, 3.8) is 0 Å². The molecule has 3 rings (SSSR count). The Morgan fingerprint density at radius 1 is 1.26 bits per heavy atom. The highest BCUT2D eigenvalue weighted by atomic mass is 16.5. The third-order valence-electron chi connectivity index (χ3n) is 3.31. The van der Waals surface area contributed by atoms with Gasteiger partial charge >= 0.3 is 6.03 Å². The molecule has 1 aromatic heterocycles. The molecule has 6 heteroatoms. The normalized spacial score (nSPS) is 11.0. The molecule has 6 nitrogen and oxygen atoms in total. The maximum absolute atomic E-state index is 10.6. The molecule has 0 saturated carbocycles. The number of urea groups is 1. The van der Waals surface area contributed by atoms with Gasteiger partial charge in [0.2, 0.25) is 0 Å². The van der Waals surface area contributed by atoms with E-state index in [1.165, 1.54) is 6.21 Å². The van der Waals surface area contributed by atoms with Crippen LogP contribution in [0.1, 0.15) is 11.1 Å². The lowest BCUT2D eigenvalue weighted by molar-refractivity contribution is 0.249. The van der Waals surface area contributed by atoms with E-state index in [-0.39, 0.29) is 0 Å². The van der Waals surface area contributed by atoms with Gasteiger partial charge in [-0.15, -0.1) is 0 Å². The molecule has 23 heavy (non-hydrogen) atoms. The number of aromatic nitrogens is 1. The van der Waals surface area contributed by atoms with Crippen molar-refractivity contribution in [2.75, 3.05) is 0 Å². The molecule has 1 heterocycles. The van der Waals surface area contributed by atoms with E-state index in [0.29, 0.717) is 6.61 Å². The van der Waals surface area contributed by atoms with Crippen molar-refractivity contribution in [1.82, 2.24) is 10.4 Å². The molecule has 0 aliphatic heterocycles. The third-order valence-corrected chi connectivity index (χ3v) is 3.31. The maximum atomic E-state index is 10.6. The molecule has 0 aliphatic carbocycles. The number of nitrogens with two attached hydrogens (primary N) is 1. The molecule has 4 N–H and O–H groups in total. The number of aromatic amines is 1. The Bertz CT molecular complexity index is 840. The lowest BCUT2D eigenvalue weighted by Gasteiger charge is -2.06. The lowest BCUT2D eigenvalue weighted by atomic mass is 10.2. The average molecular weight is 308 g/mol. The highest BCUT2D eigenvalue weighted by molar-refractivity contribution is 5.99. The summed E-state index contributed by atoms with van der Waals surface area (Å²) in [5.41, 5.74) is 10.0. The number of nitrogens with zero attached hydrogens (tertiary/aromatic N) is 1. The molecule has 116 valence electrons.